The highest BCUT2D eigenvalue weighted by molar-refractivity contribution is 6.39. The molecule has 0 aliphatic carbocycles. The van der Waals surface area contributed by atoms with E-state index in [1.165, 1.54) is 7.11 Å². The molecular weight excluding hydrogens is 286 g/mol. The number of carbonyl (C=O) groups is 2. The van der Waals surface area contributed by atoms with E-state index in [9.17, 15) is 9.59 Å². The van der Waals surface area contributed by atoms with Crippen LogP contribution in [0.2, 0.25) is 0 Å². The Bertz CT molecular complexity index is 515. The first-order valence-electron chi connectivity index (χ1n) is 7.22. The van der Waals surface area contributed by atoms with Crippen molar-refractivity contribution in [2.45, 2.75) is 0 Å². The van der Waals surface area contributed by atoms with Gasteiger partial charge in [-0.1, -0.05) is 12.1 Å². The van der Waals surface area contributed by atoms with E-state index in [0.717, 1.165) is 18.8 Å². The molecule has 1 saturated heterocycles. The van der Waals surface area contributed by atoms with Gasteiger partial charge in [0.1, 0.15) is 0 Å². The second kappa shape index (κ2) is 8.35. The third-order valence-electron chi connectivity index (χ3n) is 3.30. The summed E-state index contributed by atoms with van der Waals surface area (Å²) in [6.45, 7) is 3.48. The topological polar surface area (TPSA) is 79.9 Å². The highest BCUT2D eigenvalue weighted by atomic mass is 16.5. The van der Waals surface area contributed by atoms with Gasteiger partial charge in [-0.25, -0.2) is 0 Å². The van der Waals surface area contributed by atoms with Gasteiger partial charge in [-0.3, -0.25) is 9.59 Å². The molecule has 0 saturated carbocycles. The van der Waals surface area contributed by atoms with Gasteiger partial charge in [-0.05, 0) is 12.1 Å². The first kappa shape index (κ1) is 16.3. The summed E-state index contributed by atoms with van der Waals surface area (Å²) in [5, 5.41) is 5.15. The quantitative estimate of drug-likeness (QED) is 0.601. The summed E-state index contributed by atoms with van der Waals surface area (Å²) in [7, 11) is 1.53. The molecule has 0 unspecified atom stereocenters. The molecule has 7 heteroatoms. The lowest BCUT2D eigenvalue weighted by molar-refractivity contribution is -0.136. The number of para-hydroxylation sites is 2. The number of nitrogens with zero attached hydrogens (tertiary/aromatic N) is 1. The lowest BCUT2D eigenvalue weighted by atomic mass is 10.2. The zero-order valence-electron chi connectivity index (χ0n) is 12.6. The van der Waals surface area contributed by atoms with Crippen molar-refractivity contribution in [2.24, 2.45) is 0 Å². The van der Waals surface area contributed by atoms with E-state index in [-0.39, 0.29) is 0 Å². The summed E-state index contributed by atoms with van der Waals surface area (Å²) in [4.78, 5) is 25.8. The minimum absolute atomic E-state index is 0.299. The lowest BCUT2D eigenvalue weighted by Gasteiger charge is -2.30. The maximum Gasteiger partial charge on any atom is 0.313 e. The van der Waals surface area contributed by atoms with E-state index in [0.29, 0.717) is 32.1 Å². The van der Waals surface area contributed by atoms with Gasteiger partial charge in [0.05, 0.1) is 31.2 Å². The summed E-state index contributed by atoms with van der Waals surface area (Å²) >= 11 is 0. The van der Waals surface area contributed by atoms with Crippen LogP contribution >= 0.6 is 0 Å². The fourth-order valence-corrected chi connectivity index (χ4v) is 2.19. The van der Waals surface area contributed by atoms with Crippen LogP contribution in [0.1, 0.15) is 0 Å². The number of benzene rings is 1. The van der Waals surface area contributed by atoms with Gasteiger partial charge < -0.3 is 25.0 Å². The van der Waals surface area contributed by atoms with Gasteiger partial charge >= 0.3 is 11.8 Å². The summed E-state index contributed by atoms with van der Waals surface area (Å²) in [5.41, 5.74) is 1.51. The molecule has 22 heavy (non-hydrogen) atoms. The number of ether oxygens (including phenoxy) is 2. The Morgan fingerprint density at radius 2 is 1.95 bits per heavy atom. The number of rotatable bonds is 5. The molecular formula is C15H21N3O4. The molecule has 2 amide bonds. The highest BCUT2D eigenvalue weighted by Crippen LogP contribution is 2.26. The molecule has 7 nitrogen and oxygen atoms in total. The van der Waals surface area contributed by atoms with Crippen molar-refractivity contribution in [1.82, 2.24) is 5.32 Å². The number of hydrogen-bond donors (Lipinski definition) is 2. The number of hydrogen-bond acceptors (Lipinski definition) is 5. The second-order valence-electron chi connectivity index (χ2n) is 4.82. The van der Waals surface area contributed by atoms with Crippen molar-refractivity contribution in [3.8, 4) is 0 Å². The van der Waals surface area contributed by atoms with Crippen LogP contribution < -0.4 is 15.5 Å². The van der Waals surface area contributed by atoms with Crippen LogP contribution in [0.25, 0.3) is 0 Å². The van der Waals surface area contributed by atoms with Crippen molar-refractivity contribution >= 4 is 23.2 Å². The Kier molecular flexibility index (Phi) is 6.17. The standard InChI is InChI=1S/C15H21N3O4/c1-21-9-6-16-14(19)15(20)17-12-4-2-3-5-13(12)18-7-10-22-11-8-18/h2-5H,6-11H2,1H3,(H,16,19)(H,17,20). The normalized spacial score (nSPS) is 14.5. The largest absolute Gasteiger partial charge is 0.383 e. The SMILES string of the molecule is COCCNC(=O)C(=O)Nc1ccccc1N1CCOCC1. The molecule has 0 atom stereocenters. The van der Waals surface area contributed by atoms with Crippen molar-refractivity contribution in [1.29, 1.82) is 0 Å². The molecule has 1 heterocycles. The van der Waals surface area contributed by atoms with Gasteiger partial charge in [-0.2, -0.15) is 0 Å². The van der Waals surface area contributed by atoms with Crippen molar-refractivity contribution < 1.29 is 19.1 Å². The van der Waals surface area contributed by atoms with Gasteiger partial charge in [0.25, 0.3) is 0 Å². The van der Waals surface area contributed by atoms with Crippen LogP contribution in [0.3, 0.4) is 0 Å². The Labute approximate surface area is 129 Å². The fraction of sp³-hybridized carbons (Fsp3) is 0.467. The minimum Gasteiger partial charge on any atom is -0.383 e. The van der Waals surface area contributed by atoms with Gasteiger partial charge in [0.15, 0.2) is 0 Å². The number of amides is 2. The molecule has 1 aliphatic rings. The van der Waals surface area contributed by atoms with Gasteiger partial charge in [0.2, 0.25) is 0 Å². The highest BCUT2D eigenvalue weighted by Gasteiger charge is 2.18. The third kappa shape index (κ3) is 4.44. The molecule has 120 valence electrons. The predicted molar refractivity (Wildman–Crippen MR) is 83.0 cm³/mol. The third-order valence-corrected chi connectivity index (χ3v) is 3.30. The Morgan fingerprint density at radius 3 is 2.68 bits per heavy atom. The van der Waals surface area contributed by atoms with E-state index in [4.69, 9.17) is 9.47 Å². The molecule has 0 bridgehead atoms. The van der Waals surface area contributed by atoms with E-state index in [1.807, 2.05) is 18.2 Å². The smallest absolute Gasteiger partial charge is 0.313 e. The Morgan fingerprint density at radius 1 is 1.23 bits per heavy atom. The van der Waals surface area contributed by atoms with E-state index >= 15 is 0 Å². The number of morpholine rings is 1. The average Bonchev–Trinajstić information content (AvgIpc) is 2.56. The maximum atomic E-state index is 11.9. The molecule has 1 fully saturated rings. The molecule has 2 N–H and O–H groups in total. The van der Waals surface area contributed by atoms with E-state index < -0.39 is 11.8 Å². The van der Waals surface area contributed by atoms with Crippen LogP contribution in [0.5, 0.6) is 0 Å². The first-order chi connectivity index (χ1) is 10.7. The zero-order valence-corrected chi connectivity index (χ0v) is 12.6. The molecule has 1 aromatic carbocycles. The number of nitrogens with one attached hydrogen (secondary N) is 2. The summed E-state index contributed by atoms with van der Waals surface area (Å²) in [6.07, 6.45) is 0. The second-order valence-corrected chi connectivity index (χ2v) is 4.82. The van der Waals surface area contributed by atoms with Crippen LogP contribution in [0.4, 0.5) is 11.4 Å². The number of carbonyl (C=O) groups excluding carboxylic acids is 2. The Hall–Kier alpha value is -2.12. The van der Waals surface area contributed by atoms with Gasteiger partial charge in [-0.15, -0.1) is 0 Å². The zero-order chi connectivity index (χ0) is 15.8. The molecule has 2 rings (SSSR count). The van der Waals surface area contributed by atoms with E-state index in [2.05, 4.69) is 15.5 Å². The summed E-state index contributed by atoms with van der Waals surface area (Å²) < 4.78 is 10.2. The van der Waals surface area contributed by atoms with Crippen LogP contribution in [-0.2, 0) is 19.1 Å². The average molecular weight is 307 g/mol. The fourth-order valence-electron chi connectivity index (χ4n) is 2.19. The van der Waals surface area contributed by atoms with Gasteiger partial charge in [0, 0.05) is 26.7 Å². The number of anilines is 2. The first-order valence-corrected chi connectivity index (χ1v) is 7.22. The maximum absolute atomic E-state index is 11.9. The predicted octanol–water partition coefficient (Wildman–Crippen LogP) is 0.224. The minimum atomic E-state index is -0.684. The molecule has 1 aromatic rings. The summed E-state index contributed by atoms with van der Waals surface area (Å²) in [5.74, 6) is -1.36. The molecule has 0 spiro atoms. The van der Waals surface area contributed by atoms with Crippen molar-refractivity contribution in [2.75, 3.05) is 56.8 Å². The monoisotopic (exact) mass is 307 g/mol. The summed E-state index contributed by atoms with van der Waals surface area (Å²) in [6, 6.07) is 7.43. The molecule has 1 aliphatic heterocycles. The lowest BCUT2D eigenvalue weighted by Crippen LogP contribution is -2.39. The Balaban J connectivity index is 1.99. The van der Waals surface area contributed by atoms with Crippen LogP contribution in [0, 0.1) is 0 Å². The molecule has 0 radical (unpaired) electrons. The van der Waals surface area contributed by atoms with Crippen LogP contribution in [-0.4, -0.2) is 58.4 Å². The van der Waals surface area contributed by atoms with Crippen LogP contribution in [0.15, 0.2) is 24.3 Å². The van der Waals surface area contributed by atoms with E-state index in [1.54, 1.807) is 6.07 Å². The van der Waals surface area contributed by atoms with Crippen molar-refractivity contribution in [3.05, 3.63) is 24.3 Å². The number of methoxy groups -OCH3 is 1. The van der Waals surface area contributed by atoms with Crippen molar-refractivity contribution in [3.63, 3.8) is 0 Å². The molecule has 0 aromatic heterocycles.